The Hall–Kier alpha value is -3.03. The van der Waals surface area contributed by atoms with E-state index in [0.29, 0.717) is 29.6 Å². The number of rotatable bonds is 5. The third-order valence-electron chi connectivity index (χ3n) is 5.29. The topological polar surface area (TPSA) is 99.3 Å². The van der Waals surface area contributed by atoms with Gasteiger partial charge in [-0.2, -0.15) is 5.10 Å². The highest BCUT2D eigenvalue weighted by molar-refractivity contribution is 6.04. The lowest BCUT2D eigenvalue weighted by molar-refractivity contribution is 0.102. The highest BCUT2D eigenvalue weighted by atomic mass is 16.5. The average Bonchev–Trinajstić information content (AvgIpc) is 3.43. The third-order valence-corrected chi connectivity index (χ3v) is 5.29. The van der Waals surface area contributed by atoms with Crippen molar-refractivity contribution in [1.82, 2.24) is 20.4 Å². The number of amides is 3. The molecule has 28 heavy (non-hydrogen) atoms. The SMILES string of the molecule is COc1ccc(C(=O)Nc2cn[nH]c2C2CCCN(C(=O)NC3CC3)C2)cc1. The molecule has 8 heteroatoms. The Morgan fingerprint density at radius 3 is 2.71 bits per heavy atom. The Kier molecular flexibility index (Phi) is 5.18. The first-order valence-corrected chi connectivity index (χ1v) is 9.68. The van der Waals surface area contributed by atoms with E-state index in [0.717, 1.165) is 37.9 Å². The number of aromatic nitrogens is 2. The van der Waals surface area contributed by atoms with Crippen molar-refractivity contribution in [2.24, 2.45) is 0 Å². The number of nitrogens with one attached hydrogen (secondary N) is 3. The van der Waals surface area contributed by atoms with Crippen LogP contribution in [0.15, 0.2) is 30.5 Å². The third kappa shape index (κ3) is 4.11. The fourth-order valence-corrected chi connectivity index (χ4v) is 3.53. The van der Waals surface area contributed by atoms with Crippen LogP contribution in [0.1, 0.15) is 47.7 Å². The Morgan fingerprint density at radius 1 is 1.21 bits per heavy atom. The maximum Gasteiger partial charge on any atom is 0.317 e. The molecule has 2 fully saturated rings. The molecule has 1 saturated carbocycles. The largest absolute Gasteiger partial charge is 0.497 e. The Balaban J connectivity index is 1.42. The van der Waals surface area contributed by atoms with E-state index >= 15 is 0 Å². The van der Waals surface area contributed by atoms with Crippen molar-refractivity contribution in [1.29, 1.82) is 0 Å². The van der Waals surface area contributed by atoms with E-state index in [9.17, 15) is 9.59 Å². The molecule has 1 aromatic carbocycles. The van der Waals surface area contributed by atoms with Gasteiger partial charge in [-0.1, -0.05) is 0 Å². The minimum Gasteiger partial charge on any atom is -0.497 e. The van der Waals surface area contributed by atoms with Gasteiger partial charge < -0.3 is 20.3 Å². The lowest BCUT2D eigenvalue weighted by atomic mass is 9.94. The van der Waals surface area contributed by atoms with E-state index in [1.54, 1.807) is 37.6 Å². The van der Waals surface area contributed by atoms with Crippen LogP contribution in [0, 0.1) is 0 Å². The molecule has 8 nitrogen and oxygen atoms in total. The van der Waals surface area contributed by atoms with E-state index in [-0.39, 0.29) is 17.9 Å². The first kappa shape index (κ1) is 18.3. The molecule has 0 bridgehead atoms. The van der Waals surface area contributed by atoms with E-state index in [1.165, 1.54) is 0 Å². The number of ether oxygens (including phenoxy) is 1. The number of carbonyl (C=O) groups excluding carboxylic acids is 2. The first-order chi connectivity index (χ1) is 13.6. The molecule has 2 aliphatic rings. The van der Waals surface area contributed by atoms with E-state index in [4.69, 9.17) is 4.74 Å². The molecule has 1 unspecified atom stereocenters. The summed E-state index contributed by atoms with van der Waals surface area (Å²) < 4.78 is 5.13. The van der Waals surface area contributed by atoms with Gasteiger partial charge in [0.1, 0.15) is 5.75 Å². The van der Waals surface area contributed by atoms with Crippen LogP contribution in [-0.4, -0.2) is 53.3 Å². The second-order valence-electron chi connectivity index (χ2n) is 7.39. The van der Waals surface area contributed by atoms with Crippen LogP contribution in [0.25, 0.3) is 0 Å². The van der Waals surface area contributed by atoms with E-state index < -0.39 is 0 Å². The standard InChI is InChI=1S/C20H25N5O3/c1-28-16-8-4-13(5-9-16)19(26)23-17-11-21-24-18(17)14-3-2-10-25(12-14)20(27)22-15-6-7-15/h4-5,8-9,11,14-15H,2-3,6-7,10,12H2,1H3,(H,21,24)(H,22,27)(H,23,26). The van der Waals surface area contributed by atoms with Crippen LogP contribution in [0.4, 0.5) is 10.5 Å². The second kappa shape index (κ2) is 7.92. The lowest BCUT2D eigenvalue weighted by Crippen LogP contribution is -2.45. The summed E-state index contributed by atoms with van der Waals surface area (Å²) in [5.74, 6) is 0.615. The van der Waals surface area contributed by atoms with Gasteiger partial charge in [-0.3, -0.25) is 9.89 Å². The predicted molar refractivity (Wildman–Crippen MR) is 105 cm³/mol. The van der Waals surface area contributed by atoms with Crippen molar-refractivity contribution in [2.75, 3.05) is 25.5 Å². The van der Waals surface area contributed by atoms with Crippen molar-refractivity contribution in [3.63, 3.8) is 0 Å². The zero-order chi connectivity index (χ0) is 19.5. The molecule has 1 atom stereocenters. The van der Waals surface area contributed by atoms with Gasteiger partial charge >= 0.3 is 6.03 Å². The number of hydrogen-bond donors (Lipinski definition) is 3. The smallest absolute Gasteiger partial charge is 0.317 e. The Bertz CT molecular complexity index is 844. The van der Waals surface area contributed by atoms with Gasteiger partial charge in [0, 0.05) is 30.6 Å². The zero-order valence-corrected chi connectivity index (χ0v) is 15.9. The van der Waals surface area contributed by atoms with E-state index in [1.807, 2.05) is 4.90 Å². The second-order valence-corrected chi connectivity index (χ2v) is 7.39. The summed E-state index contributed by atoms with van der Waals surface area (Å²) in [5.41, 5.74) is 2.07. The summed E-state index contributed by atoms with van der Waals surface area (Å²) in [6, 6.07) is 7.30. The number of methoxy groups -OCH3 is 1. The minimum atomic E-state index is -0.204. The molecular formula is C20H25N5O3. The zero-order valence-electron chi connectivity index (χ0n) is 15.9. The number of hydrogen-bond acceptors (Lipinski definition) is 4. The summed E-state index contributed by atoms with van der Waals surface area (Å²) in [4.78, 5) is 26.8. The van der Waals surface area contributed by atoms with Crippen molar-refractivity contribution < 1.29 is 14.3 Å². The summed E-state index contributed by atoms with van der Waals surface area (Å²) in [6.45, 7) is 1.38. The van der Waals surface area contributed by atoms with Crippen LogP contribution >= 0.6 is 0 Å². The molecule has 1 aliphatic carbocycles. The van der Waals surface area contributed by atoms with Gasteiger partial charge in [-0.05, 0) is 49.9 Å². The molecule has 148 valence electrons. The van der Waals surface area contributed by atoms with Crippen LogP contribution in [0.3, 0.4) is 0 Å². The number of likely N-dealkylation sites (tertiary alicyclic amines) is 1. The maximum atomic E-state index is 12.6. The normalized spacial score (nSPS) is 19.2. The average molecular weight is 383 g/mol. The van der Waals surface area contributed by atoms with Gasteiger partial charge in [-0.25, -0.2) is 4.79 Å². The van der Waals surface area contributed by atoms with Crippen molar-refractivity contribution >= 4 is 17.6 Å². The summed E-state index contributed by atoms with van der Waals surface area (Å²) >= 11 is 0. The minimum absolute atomic E-state index is 0.00975. The monoisotopic (exact) mass is 383 g/mol. The number of piperidine rings is 1. The van der Waals surface area contributed by atoms with Crippen LogP contribution in [0.2, 0.25) is 0 Å². The number of aromatic amines is 1. The predicted octanol–water partition coefficient (Wildman–Crippen LogP) is 2.72. The maximum absolute atomic E-state index is 12.6. The molecule has 3 N–H and O–H groups in total. The molecule has 1 aromatic heterocycles. The molecule has 3 amide bonds. The fourth-order valence-electron chi connectivity index (χ4n) is 3.53. The fraction of sp³-hybridized carbons (Fsp3) is 0.450. The van der Waals surface area contributed by atoms with Crippen molar-refractivity contribution in [3.05, 3.63) is 41.7 Å². The molecule has 1 saturated heterocycles. The molecule has 2 heterocycles. The molecule has 0 spiro atoms. The van der Waals surface area contributed by atoms with Crippen LogP contribution in [0.5, 0.6) is 5.75 Å². The van der Waals surface area contributed by atoms with E-state index in [2.05, 4.69) is 20.8 Å². The Labute approximate surface area is 163 Å². The number of urea groups is 1. The number of carbonyl (C=O) groups is 2. The lowest BCUT2D eigenvalue weighted by Gasteiger charge is -2.32. The van der Waals surface area contributed by atoms with Gasteiger partial charge in [0.25, 0.3) is 5.91 Å². The van der Waals surface area contributed by atoms with Gasteiger partial charge in [-0.15, -0.1) is 0 Å². The number of H-pyrrole nitrogens is 1. The van der Waals surface area contributed by atoms with Crippen LogP contribution < -0.4 is 15.4 Å². The highest BCUT2D eigenvalue weighted by Crippen LogP contribution is 2.31. The Morgan fingerprint density at radius 2 is 2.00 bits per heavy atom. The molecule has 1 aliphatic heterocycles. The van der Waals surface area contributed by atoms with Gasteiger partial charge in [0.2, 0.25) is 0 Å². The van der Waals surface area contributed by atoms with Gasteiger partial charge in [0.15, 0.2) is 0 Å². The van der Waals surface area contributed by atoms with Gasteiger partial charge in [0.05, 0.1) is 24.7 Å². The summed E-state index contributed by atoms with van der Waals surface area (Å²) in [6.07, 6.45) is 5.64. The molecule has 2 aromatic rings. The number of benzene rings is 1. The highest BCUT2D eigenvalue weighted by Gasteiger charge is 2.31. The quantitative estimate of drug-likeness (QED) is 0.739. The molecule has 0 radical (unpaired) electrons. The summed E-state index contributed by atoms with van der Waals surface area (Å²) in [5, 5.41) is 13.1. The molecule has 4 rings (SSSR count). The number of anilines is 1. The number of nitrogens with zero attached hydrogens (tertiary/aromatic N) is 2. The summed E-state index contributed by atoms with van der Waals surface area (Å²) in [7, 11) is 1.59. The van der Waals surface area contributed by atoms with Crippen LogP contribution in [-0.2, 0) is 0 Å². The molecular weight excluding hydrogens is 358 g/mol. The van der Waals surface area contributed by atoms with Crippen molar-refractivity contribution in [3.8, 4) is 5.75 Å². The van der Waals surface area contributed by atoms with Crippen molar-refractivity contribution in [2.45, 2.75) is 37.6 Å². The first-order valence-electron chi connectivity index (χ1n) is 9.68.